The minimum atomic E-state index is -2.62. The van der Waals surface area contributed by atoms with Crippen LogP contribution in [0.25, 0.3) is 0 Å². The summed E-state index contributed by atoms with van der Waals surface area (Å²) in [5.41, 5.74) is -0.502. The summed E-state index contributed by atoms with van der Waals surface area (Å²) in [6, 6.07) is 21.5. The number of rotatable bonds is 17. The Kier molecular flexibility index (Phi) is 14.3. The van der Waals surface area contributed by atoms with E-state index in [1.807, 2.05) is 20.8 Å². The quantitative estimate of drug-likeness (QED) is 0.0946. The van der Waals surface area contributed by atoms with Crippen molar-refractivity contribution in [3.8, 4) is 0 Å². The first-order chi connectivity index (χ1) is 21.3. The van der Waals surface area contributed by atoms with Gasteiger partial charge in [0, 0.05) is 20.1 Å². The SMILES string of the molecule is COCO[C@H](CC[C@@H]1O[C@@H](CCCOC(=O)C(C)(C)C)C[C@@H]1O)C[C@@H](C)CO[Si](c1ccccc1)(c1ccccc1)C(C)(C)C. The zero-order chi connectivity index (χ0) is 33.1. The van der Waals surface area contributed by atoms with E-state index in [1.54, 1.807) is 7.11 Å². The van der Waals surface area contributed by atoms with Crippen molar-refractivity contribution >= 4 is 24.7 Å². The fraction of sp³-hybridized carbons (Fsp3) is 0.649. The summed E-state index contributed by atoms with van der Waals surface area (Å²) in [6.07, 6.45) is 3.52. The summed E-state index contributed by atoms with van der Waals surface area (Å²) >= 11 is 0. The third-order valence-electron chi connectivity index (χ3n) is 8.68. The highest BCUT2D eigenvalue weighted by Crippen LogP contribution is 2.37. The van der Waals surface area contributed by atoms with Crippen LogP contribution in [0.1, 0.15) is 87.0 Å². The standard InChI is InChI=1S/C37H58O7Si/c1-28(26-43-45(37(5,6)7,31-17-11-9-12-18-31)32-19-13-10-14-20-32)24-29(42-27-40-8)21-22-34-33(38)25-30(44-34)16-15-23-41-35(39)36(2,3)4/h9-14,17-20,28-30,33-34,38H,15-16,21-27H2,1-8H3/t28-,29-,30+,33+,34+/m1/s1. The number of carbonyl (C=O) groups excluding carboxylic acids is 1. The molecule has 0 aromatic heterocycles. The predicted octanol–water partition coefficient (Wildman–Crippen LogP) is 6.25. The van der Waals surface area contributed by atoms with Gasteiger partial charge >= 0.3 is 5.97 Å². The van der Waals surface area contributed by atoms with Crippen molar-refractivity contribution in [2.75, 3.05) is 27.1 Å². The van der Waals surface area contributed by atoms with Crippen LogP contribution in [0.4, 0.5) is 0 Å². The molecule has 1 saturated heterocycles. The molecule has 0 unspecified atom stereocenters. The molecule has 2 aromatic carbocycles. The largest absolute Gasteiger partial charge is 0.465 e. The van der Waals surface area contributed by atoms with Crippen molar-refractivity contribution in [1.29, 1.82) is 0 Å². The van der Waals surface area contributed by atoms with Gasteiger partial charge in [0.05, 0.1) is 36.4 Å². The van der Waals surface area contributed by atoms with Gasteiger partial charge < -0.3 is 28.5 Å². The molecule has 0 spiro atoms. The smallest absolute Gasteiger partial charge is 0.311 e. The Balaban J connectivity index is 1.59. The van der Waals surface area contributed by atoms with E-state index in [0.717, 1.165) is 19.3 Å². The van der Waals surface area contributed by atoms with Crippen LogP contribution in [0, 0.1) is 11.3 Å². The molecule has 1 heterocycles. The van der Waals surface area contributed by atoms with E-state index >= 15 is 0 Å². The lowest BCUT2D eigenvalue weighted by atomic mass is 9.97. The van der Waals surface area contributed by atoms with Crippen molar-refractivity contribution in [2.45, 2.75) is 116 Å². The van der Waals surface area contributed by atoms with Crippen molar-refractivity contribution in [1.82, 2.24) is 0 Å². The zero-order valence-electron chi connectivity index (χ0n) is 28.9. The maximum Gasteiger partial charge on any atom is 0.311 e. The number of ether oxygens (including phenoxy) is 4. The van der Waals surface area contributed by atoms with Gasteiger partial charge in [-0.2, -0.15) is 0 Å². The molecule has 1 aliphatic heterocycles. The number of hydrogen-bond acceptors (Lipinski definition) is 7. The molecule has 3 rings (SSSR count). The summed E-state index contributed by atoms with van der Waals surface area (Å²) in [5.74, 6) is 0.0486. The van der Waals surface area contributed by atoms with Crippen molar-refractivity contribution in [3.63, 3.8) is 0 Å². The molecule has 8 heteroatoms. The van der Waals surface area contributed by atoms with Crippen molar-refractivity contribution in [3.05, 3.63) is 60.7 Å². The molecule has 252 valence electrons. The van der Waals surface area contributed by atoms with E-state index in [0.29, 0.717) is 32.5 Å². The van der Waals surface area contributed by atoms with E-state index in [-0.39, 0.29) is 42.0 Å². The second kappa shape index (κ2) is 17.2. The average molecular weight is 643 g/mol. The highest BCUT2D eigenvalue weighted by molar-refractivity contribution is 6.99. The molecule has 5 atom stereocenters. The van der Waals surface area contributed by atoms with Gasteiger partial charge in [-0.1, -0.05) is 88.4 Å². The summed E-state index contributed by atoms with van der Waals surface area (Å²) in [4.78, 5) is 12.0. The van der Waals surface area contributed by atoms with Gasteiger partial charge in [-0.15, -0.1) is 0 Å². The summed E-state index contributed by atoms with van der Waals surface area (Å²) in [6.45, 7) is 15.9. The zero-order valence-corrected chi connectivity index (χ0v) is 29.9. The lowest BCUT2D eigenvalue weighted by Crippen LogP contribution is -2.66. The van der Waals surface area contributed by atoms with Gasteiger partial charge in [0.25, 0.3) is 8.32 Å². The van der Waals surface area contributed by atoms with Crippen LogP contribution >= 0.6 is 0 Å². The molecule has 2 aromatic rings. The van der Waals surface area contributed by atoms with Crippen LogP contribution in [0.15, 0.2) is 60.7 Å². The molecular formula is C37H58O7Si. The fourth-order valence-corrected chi connectivity index (χ4v) is 11.0. The molecule has 7 nitrogen and oxygen atoms in total. The van der Waals surface area contributed by atoms with E-state index in [2.05, 4.69) is 88.4 Å². The van der Waals surface area contributed by atoms with E-state index in [4.69, 9.17) is 23.4 Å². The number of hydrogen-bond donors (Lipinski definition) is 1. The Hall–Kier alpha value is -2.07. The average Bonchev–Trinajstić information content (AvgIpc) is 3.35. The second-order valence-corrected chi connectivity index (χ2v) is 19.0. The van der Waals surface area contributed by atoms with Crippen LogP contribution < -0.4 is 10.4 Å². The normalized spacial score (nSPS) is 20.6. The molecule has 1 aliphatic rings. The predicted molar refractivity (Wildman–Crippen MR) is 182 cm³/mol. The molecule has 0 aliphatic carbocycles. The topological polar surface area (TPSA) is 83.5 Å². The monoisotopic (exact) mass is 642 g/mol. The second-order valence-electron chi connectivity index (χ2n) is 14.7. The molecule has 0 radical (unpaired) electrons. The maximum absolute atomic E-state index is 12.0. The number of aliphatic hydroxyl groups is 1. The third-order valence-corrected chi connectivity index (χ3v) is 13.7. The molecule has 0 amide bonds. The third kappa shape index (κ3) is 10.7. The number of benzene rings is 2. The molecular weight excluding hydrogens is 584 g/mol. The van der Waals surface area contributed by atoms with Gasteiger partial charge in [0.2, 0.25) is 0 Å². The minimum Gasteiger partial charge on any atom is -0.465 e. The highest BCUT2D eigenvalue weighted by atomic mass is 28.4. The molecule has 0 bridgehead atoms. The van der Waals surface area contributed by atoms with E-state index in [9.17, 15) is 9.90 Å². The Morgan fingerprint density at radius 1 is 0.978 bits per heavy atom. The summed E-state index contributed by atoms with van der Waals surface area (Å²) in [5, 5.41) is 13.2. The lowest BCUT2D eigenvalue weighted by molar-refractivity contribution is -0.153. The van der Waals surface area contributed by atoms with Crippen LogP contribution in [0.5, 0.6) is 0 Å². The number of aliphatic hydroxyl groups excluding tert-OH is 1. The van der Waals surface area contributed by atoms with Crippen LogP contribution in [0.3, 0.4) is 0 Å². The van der Waals surface area contributed by atoms with Gasteiger partial charge in [-0.05, 0) is 74.2 Å². The molecule has 1 fully saturated rings. The lowest BCUT2D eigenvalue weighted by Gasteiger charge is -2.43. The van der Waals surface area contributed by atoms with Crippen molar-refractivity contribution < 1.29 is 33.3 Å². The highest BCUT2D eigenvalue weighted by Gasteiger charge is 2.50. The van der Waals surface area contributed by atoms with Gasteiger partial charge in [-0.25, -0.2) is 0 Å². The fourth-order valence-electron chi connectivity index (χ4n) is 6.28. The number of carbonyl (C=O) groups is 1. The Labute approximate surface area is 273 Å². The molecule has 45 heavy (non-hydrogen) atoms. The Bertz CT molecular complexity index is 1090. The molecule has 1 N–H and O–H groups in total. The first-order valence-electron chi connectivity index (χ1n) is 16.6. The summed E-state index contributed by atoms with van der Waals surface area (Å²) in [7, 11) is -0.982. The minimum absolute atomic E-state index is 0.0320. The molecule has 0 saturated carbocycles. The first kappa shape index (κ1) is 37.4. The van der Waals surface area contributed by atoms with E-state index < -0.39 is 19.8 Å². The van der Waals surface area contributed by atoms with Gasteiger partial charge in [0.1, 0.15) is 6.79 Å². The maximum atomic E-state index is 12.0. The van der Waals surface area contributed by atoms with Gasteiger partial charge in [-0.3, -0.25) is 4.79 Å². The van der Waals surface area contributed by atoms with Gasteiger partial charge in [0.15, 0.2) is 0 Å². The van der Waals surface area contributed by atoms with Crippen LogP contribution in [0.2, 0.25) is 5.04 Å². The Morgan fingerprint density at radius 3 is 2.11 bits per heavy atom. The first-order valence-corrected chi connectivity index (χ1v) is 18.5. The van der Waals surface area contributed by atoms with E-state index in [1.165, 1.54) is 10.4 Å². The Morgan fingerprint density at radius 2 is 1.58 bits per heavy atom. The van der Waals surface area contributed by atoms with Crippen molar-refractivity contribution in [2.24, 2.45) is 11.3 Å². The number of esters is 1. The number of methoxy groups -OCH3 is 1. The van der Waals surface area contributed by atoms with Crippen LogP contribution in [-0.4, -0.2) is 70.9 Å². The van der Waals surface area contributed by atoms with Crippen LogP contribution in [-0.2, 0) is 28.2 Å². The summed E-state index contributed by atoms with van der Waals surface area (Å²) < 4.78 is 30.2.